The highest BCUT2D eigenvalue weighted by molar-refractivity contribution is 6.10. The molecular formula is C40H35N. The van der Waals surface area contributed by atoms with Crippen LogP contribution in [0.1, 0.15) is 62.8 Å². The number of nitrogens with zero attached hydrogens (tertiary/aromatic N) is 1. The summed E-state index contributed by atoms with van der Waals surface area (Å²) in [5.41, 5.74) is 15.0. The maximum Gasteiger partial charge on any atom is 0.0540 e. The highest BCUT2D eigenvalue weighted by Crippen LogP contribution is 2.58. The molecule has 0 heterocycles. The lowest BCUT2D eigenvalue weighted by Gasteiger charge is -2.32. The summed E-state index contributed by atoms with van der Waals surface area (Å²) < 4.78 is 0. The van der Waals surface area contributed by atoms with Gasteiger partial charge in [0.25, 0.3) is 0 Å². The molecule has 200 valence electrons. The first-order valence-electron chi connectivity index (χ1n) is 14.9. The molecule has 0 N–H and O–H groups in total. The monoisotopic (exact) mass is 529 g/mol. The van der Waals surface area contributed by atoms with Crippen molar-refractivity contribution < 1.29 is 0 Å². The second kappa shape index (κ2) is 8.57. The third-order valence-corrected chi connectivity index (χ3v) is 9.89. The van der Waals surface area contributed by atoms with Gasteiger partial charge >= 0.3 is 0 Å². The van der Waals surface area contributed by atoms with Gasteiger partial charge in [0.05, 0.1) is 5.69 Å². The maximum absolute atomic E-state index is 2.54. The molecule has 0 bridgehead atoms. The Morgan fingerprint density at radius 1 is 0.585 bits per heavy atom. The van der Waals surface area contributed by atoms with Crippen molar-refractivity contribution in [2.75, 3.05) is 4.90 Å². The fourth-order valence-electron chi connectivity index (χ4n) is 7.75. The molecule has 3 aliphatic carbocycles. The Balaban J connectivity index is 1.42. The number of hydrogen-bond acceptors (Lipinski definition) is 1. The fourth-order valence-corrected chi connectivity index (χ4v) is 7.75. The van der Waals surface area contributed by atoms with E-state index in [1.165, 1.54) is 72.4 Å². The summed E-state index contributed by atoms with van der Waals surface area (Å²) in [5.74, 6) is 0. The van der Waals surface area contributed by atoms with Crippen LogP contribution >= 0.6 is 0 Å². The molecule has 5 aromatic rings. The lowest BCUT2D eigenvalue weighted by Crippen LogP contribution is -2.20. The Kier molecular flexibility index (Phi) is 5.11. The average molecular weight is 530 g/mol. The molecule has 0 radical (unpaired) electrons. The van der Waals surface area contributed by atoms with Crippen LogP contribution in [-0.4, -0.2) is 0 Å². The second-order valence-corrected chi connectivity index (χ2v) is 12.9. The van der Waals surface area contributed by atoms with E-state index in [4.69, 9.17) is 0 Å². The molecule has 0 unspecified atom stereocenters. The zero-order chi connectivity index (χ0) is 27.9. The first kappa shape index (κ1) is 24.4. The predicted octanol–water partition coefficient (Wildman–Crippen LogP) is 10.8. The highest BCUT2D eigenvalue weighted by Gasteiger charge is 2.42. The average Bonchev–Trinajstić information content (AvgIpc) is 3.37. The first-order valence-corrected chi connectivity index (χ1v) is 14.9. The maximum atomic E-state index is 2.54. The lowest BCUT2D eigenvalue weighted by molar-refractivity contribution is 0.652. The Bertz CT molecular complexity index is 1930. The van der Waals surface area contributed by atoms with Crippen molar-refractivity contribution in [3.8, 4) is 22.3 Å². The van der Waals surface area contributed by atoms with E-state index in [1.54, 1.807) is 0 Å². The predicted molar refractivity (Wildman–Crippen MR) is 174 cm³/mol. The van der Waals surface area contributed by atoms with Crippen molar-refractivity contribution in [1.82, 2.24) is 0 Å². The molecule has 0 aromatic heterocycles. The van der Waals surface area contributed by atoms with Crippen molar-refractivity contribution >= 4 is 22.1 Å². The largest absolute Gasteiger partial charge is 0.314 e. The molecule has 5 aromatic carbocycles. The van der Waals surface area contributed by atoms with E-state index >= 15 is 0 Å². The normalized spacial score (nSPS) is 17.0. The zero-order valence-electron chi connectivity index (χ0n) is 24.3. The SMILES string of the molecule is CC1(C)c2ccccc2-c2cc3c(cc21)-c1c(cc(N(C2=CC=CCC2)c2ccccc2)c2ccccc12)C3(C)C. The summed E-state index contributed by atoms with van der Waals surface area (Å²) in [6, 6.07) is 36.5. The summed E-state index contributed by atoms with van der Waals surface area (Å²) in [6.45, 7) is 9.61. The molecule has 8 rings (SSSR count). The molecule has 0 amide bonds. The van der Waals surface area contributed by atoms with Crippen molar-refractivity contribution in [2.24, 2.45) is 0 Å². The zero-order valence-corrected chi connectivity index (χ0v) is 24.3. The number of allylic oxidation sites excluding steroid dienone is 4. The van der Waals surface area contributed by atoms with Crippen LogP contribution in [0.25, 0.3) is 33.0 Å². The van der Waals surface area contributed by atoms with E-state index in [0.717, 1.165) is 12.8 Å². The molecule has 0 spiro atoms. The van der Waals surface area contributed by atoms with E-state index in [1.807, 2.05) is 0 Å². The van der Waals surface area contributed by atoms with Gasteiger partial charge in [0.1, 0.15) is 0 Å². The van der Waals surface area contributed by atoms with E-state index in [0.29, 0.717) is 0 Å². The van der Waals surface area contributed by atoms with Gasteiger partial charge in [-0.3, -0.25) is 0 Å². The lowest BCUT2D eigenvalue weighted by atomic mass is 9.79. The van der Waals surface area contributed by atoms with Crippen LogP contribution in [0.4, 0.5) is 11.4 Å². The van der Waals surface area contributed by atoms with Gasteiger partial charge < -0.3 is 4.90 Å². The van der Waals surface area contributed by atoms with Crippen LogP contribution in [0.5, 0.6) is 0 Å². The molecule has 3 aliphatic rings. The molecule has 41 heavy (non-hydrogen) atoms. The smallest absolute Gasteiger partial charge is 0.0540 e. The quantitative estimate of drug-likeness (QED) is 0.225. The number of hydrogen-bond donors (Lipinski definition) is 0. The van der Waals surface area contributed by atoms with Crippen LogP contribution in [0.15, 0.2) is 121 Å². The van der Waals surface area contributed by atoms with Gasteiger partial charge in [-0.15, -0.1) is 0 Å². The number of para-hydroxylation sites is 1. The van der Waals surface area contributed by atoms with Crippen molar-refractivity contribution in [3.63, 3.8) is 0 Å². The highest BCUT2D eigenvalue weighted by atomic mass is 15.1. The van der Waals surface area contributed by atoms with Gasteiger partial charge in [-0.25, -0.2) is 0 Å². The molecule has 0 atom stereocenters. The third-order valence-electron chi connectivity index (χ3n) is 9.89. The van der Waals surface area contributed by atoms with Crippen LogP contribution in [-0.2, 0) is 10.8 Å². The van der Waals surface area contributed by atoms with Gasteiger partial charge in [-0.2, -0.15) is 0 Å². The van der Waals surface area contributed by atoms with E-state index in [2.05, 4.69) is 148 Å². The fraction of sp³-hybridized carbons (Fsp3) is 0.200. The second-order valence-electron chi connectivity index (χ2n) is 12.9. The molecule has 1 heteroatoms. The Morgan fingerprint density at radius 2 is 1.24 bits per heavy atom. The summed E-state index contributed by atoms with van der Waals surface area (Å²) in [5, 5.41) is 2.64. The minimum Gasteiger partial charge on any atom is -0.314 e. The van der Waals surface area contributed by atoms with Gasteiger partial charge in [-0.05, 0) is 99.1 Å². The topological polar surface area (TPSA) is 3.24 Å². The minimum absolute atomic E-state index is 0.0192. The summed E-state index contributed by atoms with van der Waals surface area (Å²) in [4.78, 5) is 2.50. The molecule has 0 saturated heterocycles. The molecule has 1 nitrogen and oxygen atoms in total. The number of fused-ring (bicyclic) bond motifs is 8. The number of rotatable bonds is 3. The van der Waals surface area contributed by atoms with Crippen LogP contribution in [0.3, 0.4) is 0 Å². The first-order chi connectivity index (χ1) is 19.9. The Labute approximate surface area is 243 Å². The summed E-state index contributed by atoms with van der Waals surface area (Å²) >= 11 is 0. The molecule has 0 aliphatic heterocycles. The minimum atomic E-state index is -0.122. The molecule has 0 saturated carbocycles. The summed E-state index contributed by atoms with van der Waals surface area (Å²) in [7, 11) is 0. The van der Waals surface area contributed by atoms with Crippen molar-refractivity contribution in [1.29, 1.82) is 0 Å². The van der Waals surface area contributed by atoms with Crippen LogP contribution in [0.2, 0.25) is 0 Å². The number of anilines is 2. The summed E-state index contributed by atoms with van der Waals surface area (Å²) in [6.07, 6.45) is 8.87. The van der Waals surface area contributed by atoms with E-state index in [-0.39, 0.29) is 10.8 Å². The number of benzene rings is 5. The Morgan fingerprint density at radius 3 is 2.02 bits per heavy atom. The van der Waals surface area contributed by atoms with Crippen molar-refractivity contribution in [2.45, 2.75) is 51.4 Å². The van der Waals surface area contributed by atoms with Gasteiger partial charge in [-0.1, -0.05) is 107 Å². The Hall–Kier alpha value is -4.36. The molecule has 0 fully saturated rings. The molecular weight excluding hydrogens is 494 g/mol. The standard InChI is InChI=1S/C40H35N/c1-39(2)33-22-14-13-19-28(33)31-23-35-32(24-34(31)39)38-30-21-12-11-20-29(30)37(25-36(38)40(35,3)4)41(26-15-7-5-8-16-26)27-17-9-6-10-18-27/h5-9,11-17,19-25H,10,18H2,1-4H3. The van der Waals surface area contributed by atoms with Crippen LogP contribution in [0, 0.1) is 0 Å². The van der Waals surface area contributed by atoms with E-state index < -0.39 is 0 Å². The van der Waals surface area contributed by atoms with Gasteiger partial charge in [0, 0.05) is 27.6 Å². The van der Waals surface area contributed by atoms with E-state index in [9.17, 15) is 0 Å². The van der Waals surface area contributed by atoms with Gasteiger partial charge in [0.15, 0.2) is 0 Å². The third kappa shape index (κ3) is 3.36. The van der Waals surface area contributed by atoms with Crippen LogP contribution < -0.4 is 4.90 Å². The van der Waals surface area contributed by atoms with Crippen molar-refractivity contribution in [3.05, 3.63) is 143 Å². The van der Waals surface area contributed by atoms with Gasteiger partial charge in [0.2, 0.25) is 0 Å².